The molecule has 0 atom stereocenters. The van der Waals surface area contributed by atoms with Gasteiger partial charge in [0, 0.05) is 7.05 Å². The number of hydrogen-bond donors (Lipinski definition) is 1. The summed E-state index contributed by atoms with van der Waals surface area (Å²) in [5.74, 6) is 0.918. The van der Waals surface area contributed by atoms with Gasteiger partial charge in [-0.1, -0.05) is 12.1 Å². The number of aromatic nitrogens is 2. The molecule has 1 aromatic heterocycles. The van der Waals surface area contributed by atoms with E-state index in [1.165, 1.54) is 10.9 Å². The van der Waals surface area contributed by atoms with E-state index >= 15 is 0 Å². The van der Waals surface area contributed by atoms with Crippen LogP contribution in [0.5, 0.6) is 5.75 Å². The van der Waals surface area contributed by atoms with Crippen LogP contribution in [0.3, 0.4) is 0 Å². The minimum Gasteiger partial charge on any atom is -0.493 e. The summed E-state index contributed by atoms with van der Waals surface area (Å²) in [5, 5.41) is 15.5. The van der Waals surface area contributed by atoms with Crippen LogP contribution in [0.15, 0.2) is 30.5 Å². The average Bonchev–Trinajstić information content (AvgIpc) is 2.80. The number of rotatable bonds is 5. The van der Waals surface area contributed by atoms with E-state index in [9.17, 15) is 4.79 Å². The summed E-state index contributed by atoms with van der Waals surface area (Å²) < 4.78 is 6.97. The van der Waals surface area contributed by atoms with Gasteiger partial charge in [0.15, 0.2) is 0 Å². The first-order valence-electron chi connectivity index (χ1n) is 6.51. The van der Waals surface area contributed by atoms with Crippen molar-refractivity contribution in [2.24, 2.45) is 7.05 Å². The summed E-state index contributed by atoms with van der Waals surface area (Å²) in [4.78, 5) is 11.8. The van der Waals surface area contributed by atoms with Crippen LogP contribution in [0.25, 0.3) is 0 Å². The Morgan fingerprint density at radius 3 is 3.05 bits per heavy atom. The quantitative estimate of drug-likeness (QED) is 0.910. The van der Waals surface area contributed by atoms with Crippen LogP contribution in [0, 0.1) is 18.3 Å². The van der Waals surface area contributed by atoms with Crippen molar-refractivity contribution in [2.45, 2.75) is 13.3 Å². The zero-order chi connectivity index (χ0) is 15.2. The van der Waals surface area contributed by atoms with Gasteiger partial charge in [-0.3, -0.25) is 9.48 Å². The van der Waals surface area contributed by atoms with E-state index in [1.54, 1.807) is 7.05 Å². The molecule has 2 aromatic rings. The predicted octanol–water partition coefficient (Wildman–Crippen LogP) is 2.01. The second kappa shape index (κ2) is 6.57. The van der Waals surface area contributed by atoms with Crippen LogP contribution in [0.1, 0.15) is 17.5 Å². The second-order valence-electron chi connectivity index (χ2n) is 4.61. The maximum atomic E-state index is 11.8. The lowest BCUT2D eigenvalue weighted by molar-refractivity contribution is -0.116. The molecule has 0 bridgehead atoms. The topological polar surface area (TPSA) is 79.9 Å². The standard InChI is InChI=1S/C15H16N4O2/c1-11-4-3-5-13(8-11)21-7-6-14(20)18-15-12(9-16)10-17-19(15)2/h3-5,8,10H,6-7H2,1-2H3,(H,18,20). The molecular formula is C15H16N4O2. The third-order valence-electron chi connectivity index (χ3n) is 2.90. The van der Waals surface area contributed by atoms with Gasteiger partial charge in [0.1, 0.15) is 23.2 Å². The van der Waals surface area contributed by atoms with Crippen LogP contribution in [-0.2, 0) is 11.8 Å². The number of amides is 1. The van der Waals surface area contributed by atoms with Gasteiger partial charge in [0.05, 0.1) is 19.2 Å². The number of carbonyl (C=O) groups excluding carboxylic acids is 1. The van der Waals surface area contributed by atoms with Crippen molar-refractivity contribution in [3.8, 4) is 11.8 Å². The molecule has 0 aliphatic heterocycles. The van der Waals surface area contributed by atoms with Crippen LogP contribution >= 0.6 is 0 Å². The van der Waals surface area contributed by atoms with E-state index in [2.05, 4.69) is 10.4 Å². The summed E-state index contributed by atoms with van der Waals surface area (Å²) in [6.45, 7) is 2.25. The molecule has 0 radical (unpaired) electrons. The van der Waals surface area contributed by atoms with Crippen molar-refractivity contribution in [3.63, 3.8) is 0 Å². The molecule has 1 N–H and O–H groups in total. The van der Waals surface area contributed by atoms with E-state index in [0.29, 0.717) is 11.4 Å². The molecule has 0 aliphatic rings. The van der Waals surface area contributed by atoms with Crippen molar-refractivity contribution in [1.82, 2.24) is 9.78 Å². The highest BCUT2D eigenvalue weighted by atomic mass is 16.5. The zero-order valence-electron chi connectivity index (χ0n) is 12.0. The van der Waals surface area contributed by atoms with Crippen LogP contribution in [-0.4, -0.2) is 22.3 Å². The zero-order valence-corrected chi connectivity index (χ0v) is 12.0. The molecular weight excluding hydrogens is 268 g/mol. The van der Waals surface area contributed by atoms with Crippen LogP contribution in [0.4, 0.5) is 5.82 Å². The molecule has 0 fully saturated rings. The number of ether oxygens (including phenoxy) is 1. The number of nitriles is 1. The molecule has 1 aromatic carbocycles. The number of anilines is 1. The van der Waals surface area contributed by atoms with E-state index in [4.69, 9.17) is 10.00 Å². The Labute approximate surface area is 123 Å². The number of hydrogen-bond acceptors (Lipinski definition) is 4. The summed E-state index contributed by atoms with van der Waals surface area (Å²) in [6.07, 6.45) is 1.61. The van der Waals surface area contributed by atoms with Gasteiger partial charge >= 0.3 is 0 Å². The number of nitrogens with one attached hydrogen (secondary N) is 1. The Hall–Kier alpha value is -2.81. The van der Waals surface area contributed by atoms with Gasteiger partial charge in [-0.05, 0) is 24.6 Å². The van der Waals surface area contributed by atoms with Crippen molar-refractivity contribution < 1.29 is 9.53 Å². The van der Waals surface area contributed by atoms with Gasteiger partial charge in [-0.2, -0.15) is 10.4 Å². The molecule has 1 amide bonds. The van der Waals surface area contributed by atoms with Crippen molar-refractivity contribution >= 4 is 11.7 Å². The predicted molar refractivity (Wildman–Crippen MR) is 77.8 cm³/mol. The average molecular weight is 284 g/mol. The monoisotopic (exact) mass is 284 g/mol. The smallest absolute Gasteiger partial charge is 0.228 e. The fourth-order valence-corrected chi connectivity index (χ4v) is 1.83. The highest BCUT2D eigenvalue weighted by molar-refractivity contribution is 5.91. The lowest BCUT2D eigenvalue weighted by atomic mass is 10.2. The first-order valence-corrected chi connectivity index (χ1v) is 6.51. The molecule has 1 heterocycles. The molecule has 0 saturated carbocycles. The minimum absolute atomic E-state index is 0.198. The minimum atomic E-state index is -0.220. The number of aryl methyl sites for hydroxylation is 2. The van der Waals surface area contributed by atoms with Gasteiger partial charge in [0.2, 0.25) is 5.91 Å². The second-order valence-corrected chi connectivity index (χ2v) is 4.61. The van der Waals surface area contributed by atoms with E-state index in [1.807, 2.05) is 37.3 Å². The van der Waals surface area contributed by atoms with Gasteiger partial charge in [0.25, 0.3) is 0 Å². The Morgan fingerprint density at radius 2 is 2.33 bits per heavy atom. The molecule has 6 heteroatoms. The first-order chi connectivity index (χ1) is 10.1. The maximum Gasteiger partial charge on any atom is 0.228 e. The van der Waals surface area contributed by atoms with E-state index < -0.39 is 0 Å². The number of carbonyl (C=O) groups is 1. The number of benzene rings is 1. The molecule has 21 heavy (non-hydrogen) atoms. The molecule has 2 rings (SSSR count). The Bertz CT molecular complexity index is 685. The van der Waals surface area contributed by atoms with E-state index in [-0.39, 0.29) is 18.9 Å². The third kappa shape index (κ3) is 3.83. The Balaban J connectivity index is 1.85. The molecule has 0 aliphatic carbocycles. The van der Waals surface area contributed by atoms with Gasteiger partial charge < -0.3 is 10.1 Å². The van der Waals surface area contributed by atoms with Crippen molar-refractivity contribution in [1.29, 1.82) is 5.26 Å². The Morgan fingerprint density at radius 1 is 1.52 bits per heavy atom. The fraction of sp³-hybridized carbons (Fsp3) is 0.267. The van der Waals surface area contributed by atoms with Crippen molar-refractivity contribution in [2.75, 3.05) is 11.9 Å². The molecule has 0 saturated heterocycles. The summed E-state index contributed by atoms with van der Waals surface area (Å²) in [7, 11) is 1.67. The molecule has 0 unspecified atom stereocenters. The third-order valence-corrected chi connectivity index (χ3v) is 2.90. The van der Waals surface area contributed by atoms with Crippen molar-refractivity contribution in [3.05, 3.63) is 41.6 Å². The first kappa shape index (κ1) is 14.6. The summed E-state index contributed by atoms with van der Waals surface area (Å²) >= 11 is 0. The van der Waals surface area contributed by atoms with E-state index in [0.717, 1.165) is 11.3 Å². The van der Waals surface area contributed by atoms with Gasteiger partial charge in [-0.15, -0.1) is 0 Å². The Kier molecular flexibility index (Phi) is 4.57. The number of nitrogens with zero attached hydrogens (tertiary/aromatic N) is 3. The molecule has 0 spiro atoms. The summed E-state index contributed by atoms with van der Waals surface area (Å²) in [5.41, 5.74) is 1.44. The fourth-order valence-electron chi connectivity index (χ4n) is 1.83. The lowest BCUT2D eigenvalue weighted by Gasteiger charge is -2.08. The largest absolute Gasteiger partial charge is 0.493 e. The normalized spacial score (nSPS) is 9.95. The summed E-state index contributed by atoms with van der Waals surface area (Å²) in [6, 6.07) is 9.62. The maximum absolute atomic E-state index is 11.8. The highest BCUT2D eigenvalue weighted by Crippen LogP contribution is 2.14. The van der Waals surface area contributed by atoms with Crippen LogP contribution in [0.2, 0.25) is 0 Å². The SMILES string of the molecule is Cc1cccc(OCCC(=O)Nc2c(C#N)cnn2C)c1. The lowest BCUT2D eigenvalue weighted by Crippen LogP contribution is -2.17. The van der Waals surface area contributed by atoms with Gasteiger partial charge in [-0.25, -0.2) is 0 Å². The molecule has 6 nitrogen and oxygen atoms in total. The van der Waals surface area contributed by atoms with Crippen LogP contribution < -0.4 is 10.1 Å². The highest BCUT2D eigenvalue weighted by Gasteiger charge is 2.11. The molecule has 108 valence electrons.